The van der Waals surface area contributed by atoms with Crippen molar-refractivity contribution < 1.29 is 0 Å². The lowest BCUT2D eigenvalue weighted by molar-refractivity contribution is 0.768. The molecule has 14 aromatic carbocycles. The van der Waals surface area contributed by atoms with Gasteiger partial charge in [0.05, 0.1) is 56.4 Å². The number of aromatic nitrogens is 8. The lowest BCUT2D eigenvalue weighted by Gasteiger charge is -2.34. The van der Waals surface area contributed by atoms with Crippen molar-refractivity contribution in [2.24, 2.45) is 0 Å². The highest BCUT2D eigenvalue weighted by molar-refractivity contribution is 6.02. The molecule has 0 radical (unpaired) electrons. The zero-order valence-electron chi connectivity index (χ0n) is 72.9. The molecule has 0 unspecified atom stereocenters. The Bertz CT molecular complexity index is 7480. The Labute approximate surface area is 778 Å². The summed E-state index contributed by atoms with van der Waals surface area (Å²) in [5.74, 6) is 0. The molecule has 626 valence electrons. The van der Waals surface area contributed by atoms with Crippen LogP contribution in [-0.2, 0) is 10.8 Å². The lowest BCUT2D eigenvalue weighted by atomic mass is 9.67. The van der Waals surface area contributed by atoms with Crippen LogP contribution in [0.4, 0.5) is 0 Å². The van der Waals surface area contributed by atoms with Crippen LogP contribution in [0.15, 0.2) is 498 Å². The number of nitrogens with zero attached hydrogens (tertiary/aromatic N) is 8. The van der Waals surface area contributed by atoms with Crippen LogP contribution < -0.4 is 0 Å². The minimum Gasteiger partial charge on any atom is -0.264 e. The molecule has 25 rings (SSSR count). The van der Waals surface area contributed by atoms with Crippen molar-refractivity contribution in [3.05, 3.63) is 543 Å². The summed E-state index contributed by atoms with van der Waals surface area (Å²) >= 11 is 0. The molecular formula is C126H82N8. The van der Waals surface area contributed by atoms with Crippen LogP contribution in [-0.4, -0.2) is 39.9 Å². The van der Waals surface area contributed by atoms with Gasteiger partial charge in [-0.05, 0) is 302 Å². The van der Waals surface area contributed by atoms with Gasteiger partial charge in [0, 0.05) is 94.1 Å². The minimum atomic E-state index is -0.512. The summed E-state index contributed by atoms with van der Waals surface area (Å²) in [6.45, 7) is 0. The molecule has 3 aliphatic rings. The lowest BCUT2D eigenvalue weighted by Crippen LogP contribution is -2.28. The second kappa shape index (κ2) is 34.0. The maximum Gasteiger partial charge on any atom is 0.0725 e. The van der Waals surface area contributed by atoms with Crippen LogP contribution in [0.1, 0.15) is 44.5 Å². The van der Waals surface area contributed by atoms with E-state index in [1.54, 1.807) is 24.8 Å². The quantitative estimate of drug-likeness (QED) is 0.0943. The van der Waals surface area contributed by atoms with E-state index in [2.05, 4.69) is 408 Å². The molecule has 8 aromatic heterocycles. The van der Waals surface area contributed by atoms with E-state index in [1.807, 2.05) is 85.5 Å². The van der Waals surface area contributed by atoms with Gasteiger partial charge < -0.3 is 0 Å². The molecule has 0 fully saturated rings. The molecule has 8 nitrogen and oxygen atoms in total. The summed E-state index contributed by atoms with van der Waals surface area (Å²) in [5.41, 5.74) is 46.0. The number of benzene rings is 14. The van der Waals surface area contributed by atoms with E-state index in [1.165, 1.54) is 89.0 Å². The van der Waals surface area contributed by atoms with Crippen LogP contribution in [0.3, 0.4) is 0 Å². The molecule has 0 saturated heterocycles. The first-order valence-electron chi connectivity index (χ1n) is 45.4. The molecule has 0 amide bonds. The van der Waals surface area contributed by atoms with Crippen molar-refractivity contribution in [1.82, 2.24) is 39.9 Å². The SMILES string of the molecule is c1ccc(C2(c3ccccc3)c3ccccc3-c3c(-c4cc(-c5cccc(-c6cccc(-c7cccnc7)n6)c5)cc(-c5cccc(-c6cccc(-c7cccnc7)n6)c5)c4)cccc32)cc1.c1cncc(-c2cccc(-c3cccc(-c4cc(-c5cccc(-c6cccc(-c7cccnc7)n6)c5)cc(-c5cccc6c5-c5ccccc5C65c6ccccc6-c6ccccc65)c4)c3)n2)c1. The maximum atomic E-state index is 5.12. The number of rotatable bonds is 16. The summed E-state index contributed by atoms with van der Waals surface area (Å²) in [5, 5.41) is 0. The molecule has 8 heterocycles. The molecular weight excluding hydrogens is 1630 g/mol. The molecule has 1 spiro atoms. The van der Waals surface area contributed by atoms with E-state index in [0.29, 0.717) is 0 Å². The normalized spacial score (nSPS) is 12.4. The van der Waals surface area contributed by atoms with Crippen LogP contribution >= 0.6 is 0 Å². The highest BCUT2D eigenvalue weighted by Crippen LogP contribution is 2.65. The van der Waals surface area contributed by atoms with Gasteiger partial charge in [-0.1, -0.05) is 291 Å². The smallest absolute Gasteiger partial charge is 0.0725 e. The van der Waals surface area contributed by atoms with Crippen molar-refractivity contribution in [2.75, 3.05) is 0 Å². The molecule has 0 N–H and O–H groups in total. The largest absolute Gasteiger partial charge is 0.264 e. The number of pyridine rings is 8. The summed E-state index contributed by atoms with van der Waals surface area (Å²) in [6.07, 6.45) is 14.6. The number of hydrogen-bond donors (Lipinski definition) is 0. The van der Waals surface area contributed by atoms with E-state index in [0.717, 1.165) is 146 Å². The van der Waals surface area contributed by atoms with Gasteiger partial charge in [-0.15, -0.1) is 0 Å². The van der Waals surface area contributed by atoms with Crippen molar-refractivity contribution >= 4 is 0 Å². The van der Waals surface area contributed by atoms with E-state index in [4.69, 9.17) is 19.9 Å². The van der Waals surface area contributed by atoms with Gasteiger partial charge in [-0.2, -0.15) is 0 Å². The average molecular weight is 1710 g/mol. The van der Waals surface area contributed by atoms with Gasteiger partial charge in [0.15, 0.2) is 0 Å². The molecule has 3 aliphatic carbocycles. The van der Waals surface area contributed by atoms with Gasteiger partial charge in [-0.25, -0.2) is 19.9 Å². The van der Waals surface area contributed by atoms with Gasteiger partial charge in [0.2, 0.25) is 0 Å². The highest BCUT2D eigenvalue weighted by Gasteiger charge is 2.52. The Hall–Kier alpha value is -17.7. The molecule has 8 heteroatoms. The molecule has 0 bridgehead atoms. The van der Waals surface area contributed by atoms with Crippen LogP contribution in [0, 0.1) is 0 Å². The fraction of sp³-hybridized carbons (Fsp3) is 0.0159. The third kappa shape index (κ3) is 14.1. The van der Waals surface area contributed by atoms with E-state index >= 15 is 0 Å². The molecule has 0 saturated carbocycles. The third-order valence-corrected chi connectivity index (χ3v) is 26.8. The Kier molecular flexibility index (Phi) is 20.2. The first-order valence-corrected chi connectivity index (χ1v) is 45.4. The first-order chi connectivity index (χ1) is 66.4. The fourth-order valence-corrected chi connectivity index (χ4v) is 20.9. The Morgan fingerprint density at radius 1 is 0.134 bits per heavy atom. The number of fused-ring (bicyclic) bond motifs is 13. The van der Waals surface area contributed by atoms with E-state index in [9.17, 15) is 0 Å². The summed E-state index contributed by atoms with van der Waals surface area (Å²) < 4.78 is 0. The Morgan fingerprint density at radius 3 is 0.664 bits per heavy atom. The first kappa shape index (κ1) is 79.7. The molecule has 0 aliphatic heterocycles. The van der Waals surface area contributed by atoms with E-state index < -0.39 is 10.8 Å². The van der Waals surface area contributed by atoms with Crippen molar-refractivity contribution in [3.63, 3.8) is 0 Å². The zero-order chi connectivity index (χ0) is 88.9. The van der Waals surface area contributed by atoms with Gasteiger partial charge in [0.25, 0.3) is 0 Å². The van der Waals surface area contributed by atoms with Gasteiger partial charge in [-0.3, -0.25) is 19.9 Å². The minimum absolute atomic E-state index is 0.438. The van der Waals surface area contributed by atoms with Gasteiger partial charge in [0.1, 0.15) is 0 Å². The zero-order valence-corrected chi connectivity index (χ0v) is 72.9. The molecule has 134 heavy (non-hydrogen) atoms. The average Bonchev–Trinajstić information content (AvgIpc) is 1.51. The standard InChI is InChI=1S/C63H40N4.C63H42N4/c1-4-24-54-51(20-1)52-21-2-5-25-55(52)63(54)56-26-6-3-22-53(56)62-50(23-9-27-57(62)63)49-37-47(41-14-7-16-43(34-41)58-28-10-30-60(66-58)45-18-12-32-64-39-45)36-48(38-49)42-15-8-17-44(35-42)59-29-11-31-61(67-59)46-19-13-33-65-40-46;1-3-22-52(23-4-1)63(53-24-5-2-6-25-53)56-28-8-7-26-55(56)62-54(27-11-29-57(62)63)51-39-49(43-16-9-18-45(36-43)58-30-12-32-60(66-58)47-20-14-34-64-41-47)38-50(40-51)44-17-10-19-46(37-44)59-31-13-33-61(67-59)48-21-15-35-65-42-48/h1-40H;1-42H. The van der Waals surface area contributed by atoms with Crippen LogP contribution in [0.2, 0.25) is 0 Å². The predicted molar refractivity (Wildman–Crippen MR) is 545 cm³/mol. The monoisotopic (exact) mass is 1710 g/mol. The Morgan fingerprint density at radius 2 is 0.351 bits per heavy atom. The number of hydrogen-bond acceptors (Lipinski definition) is 8. The van der Waals surface area contributed by atoms with Gasteiger partial charge >= 0.3 is 0 Å². The Balaban J connectivity index is 0.000000147. The predicted octanol–water partition coefficient (Wildman–Crippen LogP) is 30.6. The molecule has 0 atom stereocenters. The summed E-state index contributed by atoms with van der Waals surface area (Å²) in [7, 11) is 0. The van der Waals surface area contributed by atoms with E-state index in [-0.39, 0.29) is 0 Å². The van der Waals surface area contributed by atoms with Crippen LogP contribution in [0.5, 0.6) is 0 Å². The van der Waals surface area contributed by atoms with Crippen molar-refractivity contribution in [2.45, 2.75) is 10.8 Å². The van der Waals surface area contributed by atoms with Crippen molar-refractivity contribution in [3.8, 4) is 190 Å². The molecule has 22 aromatic rings. The third-order valence-electron chi connectivity index (χ3n) is 26.8. The summed E-state index contributed by atoms with van der Waals surface area (Å²) in [4.78, 5) is 37.9. The summed E-state index contributed by atoms with van der Waals surface area (Å²) in [6, 6.07) is 162. The topological polar surface area (TPSA) is 103 Å². The van der Waals surface area contributed by atoms with Crippen LogP contribution in [0.25, 0.3) is 190 Å². The second-order valence-electron chi connectivity index (χ2n) is 34.4. The second-order valence-corrected chi connectivity index (χ2v) is 34.4. The fourth-order valence-electron chi connectivity index (χ4n) is 20.9. The maximum absolute atomic E-state index is 5.12. The highest BCUT2D eigenvalue weighted by atomic mass is 14.8. The van der Waals surface area contributed by atoms with Crippen molar-refractivity contribution in [1.29, 1.82) is 0 Å².